The SMILES string of the molecule is CCOc1ccccc1N1CCN(CC(=O)Nc2scc(-c3ccc(C)cc3)c2C(=O)OC)CC1. The van der Waals surface area contributed by atoms with Crippen molar-refractivity contribution in [1.82, 2.24) is 4.90 Å². The zero-order valence-electron chi connectivity index (χ0n) is 20.4. The number of nitrogens with zero attached hydrogens (tertiary/aromatic N) is 2. The topological polar surface area (TPSA) is 71.1 Å². The largest absolute Gasteiger partial charge is 0.492 e. The van der Waals surface area contributed by atoms with Gasteiger partial charge in [-0.3, -0.25) is 9.69 Å². The predicted octanol–water partition coefficient (Wildman–Crippen LogP) is 4.67. The number of aryl methyl sites for hydroxylation is 1. The summed E-state index contributed by atoms with van der Waals surface area (Å²) in [6.07, 6.45) is 0. The Morgan fingerprint density at radius 1 is 1.03 bits per heavy atom. The summed E-state index contributed by atoms with van der Waals surface area (Å²) in [4.78, 5) is 29.9. The number of piperazine rings is 1. The summed E-state index contributed by atoms with van der Waals surface area (Å²) in [5.74, 6) is 0.285. The number of ether oxygens (including phenoxy) is 2. The molecule has 3 aromatic rings. The molecule has 0 aliphatic carbocycles. The van der Waals surface area contributed by atoms with Crippen molar-refractivity contribution in [2.75, 3.05) is 56.7 Å². The summed E-state index contributed by atoms with van der Waals surface area (Å²) >= 11 is 1.34. The fourth-order valence-corrected chi connectivity index (χ4v) is 5.19. The molecular weight excluding hydrogens is 462 g/mol. The van der Waals surface area contributed by atoms with Crippen molar-refractivity contribution in [3.05, 3.63) is 65.0 Å². The maximum atomic E-state index is 12.9. The van der Waals surface area contributed by atoms with Gasteiger partial charge in [-0.05, 0) is 31.5 Å². The highest BCUT2D eigenvalue weighted by Crippen LogP contribution is 2.36. The molecule has 0 spiro atoms. The molecule has 1 aliphatic rings. The van der Waals surface area contributed by atoms with Crippen LogP contribution in [-0.2, 0) is 9.53 Å². The van der Waals surface area contributed by atoms with Crippen LogP contribution in [0, 0.1) is 6.92 Å². The highest BCUT2D eigenvalue weighted by atomic mass is 32.1. The van der Waals surface area contributed by atoms with Crippen LogP contribution in [0.15, 0.2) is 53.9 Å². The molecule has 4 rings (SSSR count). The number of carbonyl (C=O) groups is 2. The molecule has 0 bridgehead atoms. The van der Waals surface area contributed by atoms with E-state index in [0.29, 0.717) is 17.2 Å². The van der Waals surface area contributed by atoms with Crippen LogP contribution in [0.3, 0.4) is 0 Å². The number of rotatable bonds is 8. The van der Waals surface area contributed by atoms with E-state index in [-0.39, 0.29) is 12.5 Å². The number of amides is 1. The predicted molar refractivity (Wildman–Crippen MR) is 141 cm³/mol. The maximum Gasteiger partial charge on any atom is 0.341 e. The molecular formula is C27H31N3O4S. The van der Waals surface area contributed by atoms with Crippen molar-refractivity contribution in [3.8, 4) is 16.9 Å². The van der Waals surface area contributed by atoms with Gasteiger partial charge in [0.15, 0.2) is 0 Å². The molecule has 1 aliphatic heterocycles. The molecule has 0 saturated carbocycles. The van der Waals surface area contributed by atoms with Crippen LogP contribution in [0.5, 0.6) is 5.75 Å². The Hall–Kier alpha value is -3.36. The van der Waals surface area contributed by atoms with Crippen LogP contribution in [-0.4, -0.2) is 63.2 Å². The Bertz CT molecular complexity index is 1170. The second-order valence-corrected chi connectivity index (χ2v) is 9.30. The van der Waals surface area contributed by atoms with Gasteiger partial charge in [0.2, 0.25) is 5.91 Å². The van der Waals surface area contributed by atoms with Crippen molar-refractivity contribution in [2.45, 2.75) is 13.8 Å². The van der Waals surface area contributed by atoms with Gasteiger partial charge >= 0.3 is 5.97 Å². The molecule has 0 atom stereocenters. The molecule has 0 radical (unpaired) electrons. The number of carbonyl (C=O) groups excluding carboxylic acids is 2. The number of nitrogens with one attached hydrogen (secondary N) is 1. The van der Waals surface area contributed by atoms with E-state index in [0.717, 1.165) is 54.3 Å². The van der Waals surface area contributed by atoms with Crippen LogP contribution in [0.25, 0.3) is 11.1 Å². The van der Waals surface area contributed by atoms with Gasteiger partial charge in [0.1, 0.15) is 16.3 Å². The quantitative estimate of drug-likeness (QED) is 0.460. The average molecular weight is 494 g/mol. The molecule has 7 nitrogen and oxygen atoms in total. The van der Waals surface area contributed by atoms with Crippen LogP contribution >= 0.6 is 11.3 Å². The molecule has 1 fully saturated rings. The minimum absolute atomic E-state index is 0.143. The van der Waals surface area contributed by atoms with E-state index in [4.69, 9.17) is 9.47 Å². The van der Waals surface area contributed by atoms with Gasteiger partial charge in [-0.1, -0.05) is 42.0 Å². The average Bonchev–Trinajstić information content (AvgIpc) is 3.28. The zero-order chi connectivity index (χ0) is 24.8. The summed E-state index contributed by atoms with van der Waals surface area (Å²) in [5.41, 5.74) is 4.30. The standard InChI is InChI=1S/C27H31N3O4S/c1-4-34-23-8-6-5-7-22(23)30-15-13-29(14-16-30)17-24(31)28-26-25(27(32)33-3)21(18-35-26)20-11-9-19(2)10-12-20/h5-12,18H,4,13-17H2,1-3H3,(H,28,31). The van der Waals surface area contributed by atoms with E-state index in [9.17, 15) is 9.59 Å². The molecule has 1 amide bonds. The van der Waals surface area contributed by atoms with Gasteiger partial charge in [-0.25, -0.2) is 4.79 Å². The summed E-state index contributed by atoms with van der Waals surface area (Å²) in [5, 5.41) is 5.35. The molecule has 2 heterocycles. The summed E-state index contributed by atoms with van der Waals surface area (Å²) in [6, 6.07) is 16.0. The van der Waals surface area contributed by atoms with Gasteiger partial charge in [0.25, 0.3) is 0 Å². The third-order valence-electron chi connectivity index (χ3n) is 6.04. The monoisotopic (exact) mass is 493 g/mol. The van der Waals surface area contributed by atoms with E-state index in [1.165, 1.54) is 18.4 Å². The number of esters is 1. The Morgan fingerprint density at radius 2 is 1.74 bits per heavy atom. The van der Waals surface area contributed by atoms with E-state index in [2.05, 4.69) is 21.2 Å². The van der Waals surface area contributed by atoms with Crippen molar-refractivity contribution < 1.29 is 19.1 Å². The lowest BCUT2D eigenvalue weighted by molar-refractivity contribution is -0.117. The highest BCUT2D eigenvalue weighted by Gasteiger charge is 2.25. The molecule has 1 saturated heterocycles. The number of thiophene rings is 1. The summed E-state index contributed by atoms with van der Waals surface area (Å²) in [6.45, 7) is 8.02. The summed E-state index contributed by atoms with van der Waals surface area (Å²) in [7, 11) is 1.35. The van der Waals surface area contributed by atoms with Gasteiger partial charge in [0, 0.05) is 37.1 Å². The highest BCUT2D eigenvalue weighted by molar-refractivity contribution is 7.15. The molecule has 35 heavy (non-hydrogen) atoms. The van der Waals surface area contributed by atoms with Crippen LogP contribution in [0.4, 0.5) is 10.7 Å². The lowest BCUT2D eigenvalue weighted by Gasteiger charge is -2.36. The van der Waals surface area contributed by atoms with Crippen molar-refractivity contribution in [1.29, 1.82) is 0 Å². The first kappa shape index (κ1) is 24.8. The van der Waals surface area contributed by atoms with E-state index in [1.54, 1.807) is 0 Å². The minimum atomic E-state index is -0.460. The van der Waals surface area contributed by atoms with Crippen molar-refractivity contribution in [2.24, 2.45) is 0 Å². The van der Waals surface area contributed by atoms with E-state index < -0.39 is 5.97 Å². The molecule has 0 unspecified atom stereocenters. The third-order valence-corrected chi connectivity index (χ3v) is 6.94. The zero-order valence-corrected chi connectivity index (χ0v) is 21.2. The lowest BCUT2D eigenvalue weighted by Crippen LogP contribution is -2.48. The molecule has 2 aromatic carbocycles. The second kappa shape index (κ2) is 11.4. The fourth-order valence-electron chi connectivity index (χ4n) is 4.21. The van der Waals surface area contributed by atoms with Gasteiger partial charge in [-0.15, -0.1) is 11.3 Å². The van der Waals surface area contributed by atoms with Crippen LogP contribution < -0.4 is 15.0 Å². The molecule has 184 valence electrons. The van der Waals surface area contributed by atoms with Gasteiger partial charge in [-0.2, -0.15) is 0 Å². The van der Waals surface area contributed by atoms with E-state index in [1.807, 2.05) is 61.7 Å². The van der Waals surface area contributed by atoms with Crippen LogP contribution in [0.1, 0.15) is 22.8 Å². The number of methoxy groups -OCH3 is 1. The summed E-state index contributed by atoms with van der Waals surface area (Å²) < 4.78 is 10.8. The Balaban J connectivity index is 1.40. The molecule has 1 N–H and O–H groups in total. The number of hydrogen-bond donors (Lipinski definition) is 1. The molecule has 1 aromatic heterocycles. The number of benzene rings is 2. The number of para-hydroxylation sites is 2. The first-order valence-electron chi connectivity index (χ1n) is 11.8. The van der Waals surface area contributed by atoms with Crippen molar-refractivity contribution >= 4 is 33.9 Å². The fraction of sp³-hybridized carbons (Fsp3) is 0.333. The lowest BCUT2D eigenvalue weighted by atomic mass is 10.0. The minimum Gasteiger partial charge on any atom is -0.492 e. The first-order valence-corrected chi connectivity index (χ1v) is 12.6. The first-order chi connectivity index (χ1) is 17.0. The normalized spacial score (nSPS) is 14.0. The third kappa shape index (κ3) is 5.83. The second-order valence-electron chi connectivity index (χ2n) is 8.42. The van der Waals surface area contributed by atoms with Gasteiger partial charge in [0.05, 0.1) is 25.9 Å². The Labute approximate surface area is 210 Å². The number of anilines is 2. The van der Waals surface area contributed by atoms with Crippen LogP contribution in [0.2, 0.25) is 0 Å². The Kier molecular flexibility index (Phi) is 8.05. The van der Waals surface area contributed by atoms with E-state index >= 15 is 0 Å². The van der Waals surface area contributed by atoms with Crippen molar-refractivity contribution in [3.63, 3.8) is 0 Å². The number of hydrogen-bond acceptors (Lipinski definition) is 7. The molecule has 8 heteroatoms. The smallest absolute Gasteiger partial charge is 0.341 e. The van der Waals surface area contributed by atoms with Gasteiger partial charge < -0.3 is 19.7 Å². The Morgan fingerprint density at radius 3 is 2.43 bits per heavy atom. The maximum absolute atomic E-state index is 12.9.